The fraction of sp³-hybridized carbons (Fsp3) is 0. The number of nitrogens with zero attached hydrogens (tertiary/aromatic N) is 2. The van der Waals surface area contributed by atoms with Crippen molar-refractivity contribution < 1.29 is 13.0 Å². The maximum absolute atomic E-state index is 10.2. The van der Waals surface area contributed by atoms with Crippen LogP contribution in [0.3, 0.4) is 0 Å². The Morgan fingerprint density at radius 3 is 2.50 bits per heavy atom. The first-order chi connectivity index (χ1) is 4.61. The van der Waals surface area contributed by atoms with E-state index in [1.807, 2.05) is 0 Å². The molecule has 0 saturated heterocycles. The molecule has 0 aromatic carbocycles. The molecule has 0 fully saturated rings. The topological polar surface area (TPSA) is 83.0 Å². The van der Waals surface area contributed by atoms with Gasteiger partial charge in [-0.25, -0.2) is 8.42 Å². The van der Waals surface area contributed by atoms with Crippen LogP contribution < -0.4 is 0 Å². The molecule has 1 aromatic rings. The maximum Gasteiger partial charge on any atom is 0.165 e. The fourth-order valence-electron chi connectivity index (χ4n) is 0.421. The smallest absolute Gasteiger partial charge is 0.165 e. The highest BCUT2D eigenvalue weighted by molar-refractivity contribution is 7.85. The van der Waals surface area contributed by atoms with Crippen LogP contribution in [0.4, 0.5) is 0 Å². The lowest BCUT2D eigenvalue weighted by molar-refractivity contribution is 0.458. The van der Waals surface area contributed by atoms with Gasteiger partial charge in [0.2, 0.25) is 0 Å². The van der Waals surface area contributed by atoms with E-state index in [1.165, 1.54) is 12.3 Å². The SMILES string of the molecule is O=S(=O)([O-])c1cccnn1. The van der Waals surface area contributed by atoms with Crippen molar-refractivity contribution in [2.45, 2.75) is 5.03 Å². The molecule has 0 spiro atoms. The molecule has 1 aromatic heterocycles. The van der Waals surface area contributed by atoms with E-state index in [0.29, 0.717) is 0 Å². The van der Waals surface area contributed by atoms with E-state index in [-0.39, 0.29) is 0 Å². The third-order valence-electron chi connectivity index (χ3n) is 0.804. The van der Waals surface area contributed by atoms with Gasteiger partial charge in [-0.15, -0.1) is 5.10 Å². The van der Waals surface area contributed by atoms with Gasteiger partial charge in [-0.1, -0.05) is 0 Å². The Morgan fingerprint density at radius 1 is 1.50 bits per heavy atom. The molecule has 0 aliphatic rings. The van der Waals surface area contributed by atoms with Crippen molar-refractivity contribution in [1.29, 1.82) is 0 Å². The molecule has 6 heteroatoms. The van der Waals surface area contributed by atoms with E-state index < -0.39 is 15.1 Å². The lowest BCUT2D eigenvalue weighted by Gasteiger charge is -2.01. The van der Waals surface area contributed by atoms with Gasteiger partial charge < -0.3 is 4.55 Å². The number of hydrogen-bond acceptors (Lipinski definition) is 5. The van der Waals surface area contributed by atoms with Crippen LogP contribution in [0.5, 0.6) is 0 Å². The van der Waals surface area contributed by atoms with Gasteiger partial charge in [0.25, 0.3) is 0 Å². The van der Waals surface area contributed by atoms with E-state index in [9.17, 15) is 13.0 Å². The third-order valence-corrected chi connectivity index (χ3v) is 1.53. The molecule has 0 aliphatic heterocycles. The van der Waals surface area contributed by atoms with Crippen molar-refractivity contribution in [3.63, 3.8) is 0 Å². The van der Waals surface area contributed by atoms with Crippen molar-refractivity contribution in [2.75, 3.05) is 0 Å². The Bertz CT molecular complexity index is 307. The van der Waals surface area contributed by atoms with E-state index in [4.69, 9.17) is 0 Å². The van der Waals surface area contributed by atoms with Crippen molar-refractivity contribution in [3.8, 4) is 0 Å². The summed E-state index contributed by atoms with van der Waals surface area (Å²) in [5.74, 6) is 0. The molecule has 1 heterocycles. The number of hydrogen-bond donors (Lipinski definition) is 0. The summed E-state index contributed by atoms with van der Waals surface area (Å²) in [5.41, 5.74) is 0. The highest BCUT2D eigenvalue weighted by atomic mass is 32.2. The lowest BCUT2D eigenvalue weighted by Crippen LogP contribution is -2.01. The predicted molar refractivity (Wildman–Crippen MR) is 30.0 cm³/mol. The Labute approximate surface area is 57.5 Å². The van der Waals surface area contributed by atoms with Gasteiger partial charge in [0, 0.05) is 6.20 Å². The first-order valence-corrected chi connectivity index (χ1v) is 3.75. The van der Waals surface area contributed by atoms with Gasteiger partial charge in [-0.3, -0.25) is 0 Å². The van der Waals surface area contributed by atoms with Crippen molar-refractivity contribution in [1.82, 2.24) is 10.2 Å². The highest BCUT2D eigenvalue weighted by Gasteiger charge is 1.99. The van der Waals surface area contributed by atoms with Gasteiger partial charge in [0.15, 0.2) is 5.03 Å². The first-order valence-electron chi connectivity index (χ1n) is 2.34. The van der Waals surface area contributed by atoms with Crippen LogP contribution in [-0.2, 0) is 10.1 Å². The van der Waals surface area contributed by atoms with E-state index >= 15 is 0 Å². The third kappa shape index (κ3) is 1.49. The zero-order valence-corrected chi connectivity index (χ0v) is 5.58. The van der Waals surface area contributed by atoms with E-state index in [0.717, 1.165) is 6.07 Å². The molecule has 0 atom stereocenters. The molecule has 0 bridgehead atoms. The van der Waals surface area contributed by atoms with Crippen molar-refractivity contribution >= 4 is 10.1 Å². The van der Waals surface area contributed by atoms with Crippen LogP contribution in [0.15, 0.2) is 23.4 Å². The van der Waals surface area contributed by atoms with Crippen LogP contribution in [0, 0.1) is 0 Å². The van der Waals surface area contributed by atoms with E-state index in [2.05, 4.69) is 10.2 Å². The van der Waals surface area contributed by atoms with E-state index in [1.54, 1.807) is 0 Å². The summed E-state index contributed by atoms with van der Waals surface area (Å²) in [4.78, 5) is 0. The summed E-state index contributed by atoms with van der Waals surface area (Å²) >= 11 is 0. The molecule has 5 nitrogen and oxygen atoms in total. The van der Waals surface area contributed by atoms with Crippen LogP contribution in [0.2, 0.25) is 0 Å². The predicted octanol–water partition coefficient (Wildman–Crippen LogP) is -0.619. The molecule has 0 amide bonds. The van der Waals surface area contributed by atoms with Crippen LogP contribution in [0.1, 0.15) is 0 Å². The normalized spacial score (nSPS) is 11.3. The first kappa shape index (κ1) is 7.10. The Kier molecular flexibility index (Phi) is 1.64. The summed E-state index contributed by atoms with van der Waals surface area (Å²) < 4.78 is 30.5. The van der Waals surface area contributed by atoms with Crippen molar-refractivity contribution in [3.05, 3.63) is 18.3 Å². The van der Waals surface area contributed by atoms with Crippen molar-refractivity contribution in [2.24, 2.45) is 0 Å². The summed E-state index contributed by atoms with van der Waals surface area (Å²) in [5, 5.41) is 5.78. The van der Waals surface area contributed by atoms with Gasteiger partial charge >= 0.3 is 0 Å². The summed E-state index contributed by atoms with van der Waals surface area (Å²) in [6.07, 6.45) is 1.29. The maximum atomic E-state index is 10.2. The second-order valence-electron chi connectivity index (χ2n) is 1.52. The van der Waals surface area contributed by atoms with Crippen LogP contribution in [-0.4, -0.2) is 23.2 Å². The second-order valence-corrected chi connectivity index (χ2v) is 2.84. The molecule has 54 valence electrons. The molecule has 0 N–H and O–H groups in total. The average molecular weight is 159 g/mol. The summed E-state index contributed by atoms with van der Waals surface area (Å²) in [7, 11) is -4.43. The second kappa shape index (κ2) is 2.31. The van der Waals surface area contributed by atoms with Gasteiger partial charge in [-0.2, -0.15) is 5.10 Å². The van der Waals surface area contributed by atoms with Gasteiger partial charge in [-0.05, 0) is 12.1 Å². The molecule has 0 saturated carbocycles. The Balaban J connectivity index is 3.22. The minimum absolute atomic E-state index is 0.546. The lowest BCUT2D eigenvalue weighted by atomic mass is 10.6. The zero-order chi connectivity index (χ0) is 7.61. The number of aromatic nitrogens is 2. The molecule has 10 heavy (non-hydrogen) atoms. The molecule has 1 rings (SSSR count). The van der Waals surface area contributed by atoms with Gasteiger partial charge in [0.05, 0.1) is 0 Å². The summed E-state index contributed by atoms with van der Waals surface area (Å²) in [6, 6.07) is 2.42. The molecular weight excluding hydrogens is 156 g/mol. The van der Waals surface area contributed by atoms with Gasteiger partial charge in [0.1, 0.15) is 10.1 Å². The van der Waals surface area contributed by atoms with Crippen LogP contribution >= 0.6 is 0 Å². The average Bonchev–Trinajstić information content (AvgIpc) is 1.88. The molecule has 0 aliphatic carbocycles. The highest BCUT2D eigenvalue weighted by Crippen LogP contribution is 1.98. The minimum Gasteiger partial charge on any atom is -0.743 e. The largest absolute Gasteiger partial charge is 0.743 e. The monoisotopic (exact) mass is 159 g/mol. The molecule has 0 radical (unpaired) electrons. The van der Waals surface area contributed by atoms with Crippen LogP contribution in [0.25, 0.3) is 0 Å². The fourth-order valence-corrected chi connectivity index (χ4v) is 0.813. The summed E-state index contributed by atoms with van der Waals surface area (Å²) in [6.45, 7) is 0. The molecular formula is C4H3N2O3S-. The standard InChI is InChI=1S/C4H4N2O3S/c7-10(8,9)4-2-1-3-5-6-4/h1-3H,(H,7,8,9)/p-1. The molecule has 0 unspecified atom stereocenters. The Morgan fingerprint density at radius 2 is 2.20 bits per heavy atom. The Hall–Kier alpha value is -1.01. The number of rotatable bonds is 1. The minimum atomic E-state index is -4.43. The quantitative estimate of drug-likeness (QED) is 0.510. The zero-order valence-electron chi connectivity index (χ0n) is 4.76.